The molecule has 0 aliphatic carbocycles. The maximum Gasteiger partial charge on any atom is 0.274 e. The number of rotatable bonds is 5. The fourth-order valence-corrected chi connectivity index (χ4v) is 2.12. The average molecular weight is 304 g/mol. The van der Waals surface area contributed by atoms with Crippen LogP contribution in [0.1, 0.15) is 16.2 Å². The Morgan fingerprint density at radius 2 is 1.52 bits per heavy atom. The maximum atomic E-state index is 12.2. The smallest absolute Gasteiger partial charge is 0.274 e. The summed E-state index contributed by atoms with van der Waals surface area (Å²) >= 11 is 0. The number of hydrogen-bond donors (Lipinski definition) is 2. The van der Waals surface area contributed by atoms with Gasteiger partial charge in [0.25, 0.3) is 5.91 Å². The van der Waals surface area contributed by atoms with E-state index in [2.05, 4.69) is 20.6 Å². The summed E-state index contributed by atoms with van der Waals surface area (Å²) in [6.45, 7) is 0.581. The van der Waals surface area contributed by atoms with Crippen LogP contribution in [0.5, 0.6) is 0 Å². The van der Waals surface area contributed by atoms with Gasteiger partial charge in [0.1, 0.15) is 5.69 Å². The molecule has 1 amide bonds. The summed E-state index contributed by atoms with van der Waals surface area (Å²) in [5.41, 5.74) is 2.85. The molecule has 5 nitrogen and oxygen atoms in total. The Morgan fingerprint density at radius 3 is 2.22 bits per heavy atom. The van der Waals surface area contributed by atoms with E-state index < -0.39 is 0 Å². The Balaban J connectivity index is 1.72. The molecular weight excluding hydrogens is 288 g/mol. The Bertz CT molecular complexity index is 775. The van der Waals surface area contributed by atoms with Gasteiger partial charge in [0.2, 0.25) is 0 Å². The van der Waals surface area contributed by atoms with Crippen molar-refractivity contribution >= 4 is 17.3 Å². The second kappa shape index (κ2) is 7.17. The molecule has 0 aliphatic heterocycles. The highest BCUT2D eigenvalue weighted by Crippen LogP contribution is 2.22. The molecule has 0 aliphatic rings. The van der Waals surface area contributed by atoms with Gasteiger partial charge < -0.3 is 10.6 Å². The Morgan fingerprint density at radius 1 is 0.826 bits per heavy atom. The average Bonchev–Trinajstić information content (AvgIpc) is 2.62. The molecule has 0 atom stereocenters. The van der Waals surface area contributed by atoms with E-state index in [1.807, 2.05) is 42.5 Å². The molecule has 0 saturated carbocycles. The van der Waals surface area contributed by atoms with Crippen molar-refractivity contribution in [2.75, 3.05) is 10.6 Å². The molecule has 2 N–H and O–H groups in total. The van der Waals surface area contributed by atoms with E-state index >= 15 is 0 Å². The number of hydrogen-bond acceptors (Lipinski definition) is 4. The quantitative estimate of drug-likeness (QED) is 0.758. The minimum atomic E-state index is -0.238. The standard InChI is InChI=1S/C18H16N4O/c23-18(17-10-4-6-12-20-17)22-16-9-2-1-8-15(16)21-13-14-7-3-5-11-19-14/h1-12,21H,13H2,(H,22,23). The largest absolute Gasteiger partial charge is 0.378 e. The number of nitrogens with zero attached hydrogens (tertiary/aromatic N) is 2. The van der Waals surface area contributed by atoms with Crippen molar-refractivity contribution in [3.05, 3.63) is 84.4 Å². The van der Waals surface area contributed by atoms with Crippen molar-refractivity contribution in [1.29, 1.82) is 0 Å². The molecule has 0 spiro atoms. The van der Waals surface area contributed by atoms with Crippen LogP contribution in [0.15, 0.2) is 73.1 Å². The summed E-state index contributed by atoms with van der Waals surface area (Å²) in [5.74, 6) is -0.238. The first-order valence-electron chi connectivity index (χ1n) is 7.28. The van der Waals surface area contributed by atoms with Crippen LogP contribution in [0.3, 0.4) is 0 Å². The summed E-state index contributed by atoms with van der Waals surface area (Å²) in [6, 6.07) is 18.6. The Labute approximate surface area is 134 Å². The lowest BCUT2D eigenvalue weighted by molar-refractivity contribution is 0.102. The zero-order chi connectivity index (χ0) is 15.9. The molecule has 0 bridgehead atoms. The van der Waals surface area contributed by atoms with Crippen molar-refractivity contribution in [2.24, 2.45) is 0 Å². The number of pyridine rings is 2. The minimum absolute atomic E-state index is 0.238. The van der Waals surface area contributed by atoms with Crippen LogP contribution in [0.4, 0.5) is 11.4 Å². The number of carbonyl (C=O) groups is 1. The third-order valence-corrected chi connectivity index (χ3v) is 3.26. The lowest BCUT2D eigenvalue weighted by Gasteiger charge is -2.12. The molecule has 2 heterocycles. The topological polar surface area (TPSA) is 66.9 Å². The van der Waals surface area contributed by atoms with Crippen LogP contribution in [0.25, 0.3) is 0 Å². The van der Waals surface area contributed by atoms with E-state index in [0.29, 0.717) is 17.9 Å². The fraction of sp³-hybridized carbons (Fsp3) is 0.0556. The predicted molar refractivity (Wildman–Crippen MR) is 90.2 cm³/mol. The lowest BCUT2D eigenvalue weighted by atomic mass is 10.2. The van der Waals surface area contributed by atoms with E-state index in [0.717, 1.165) is 11.4 Å². The predicted octanol–water partition coefficient (Wildman–Crippen LogP) is 3.34. The number of benzene rings is 1. The zero-order valence-electron chi connectivity index (χ0n) is 12.4. The Kier molecular flexibility index (Phi) is 4.59. The number of nitrogens with one attached hydrogen (secondary N) is 2. The minimum Gasteiger partial charge on any atom is -0.378 e. The van der Waals surface area contributed by atoms with Gasteiger partial charge in [-0.3, -0.25) is 14.8 Å². The van der Waals surface area contributed by atoms with E-state index in [1.165, 1.54) is 0 Å². The molecule has 5 heteroatoms. The molecule has 114 valence electrons. The number of anilines is 2. The summed E-state index contributed by atoms with van der Waals surface area (Å²) < 4.78 is 0. The van der Waals surface area contributed by atoms with Crippen LogP contribution in [0, 0.1) is 0 Å². The monoisotopic (exact) mass is 304 g/mol. The van der Waals surface area contributed by atoms with Crippen molar-refractivity contribution < 1.29 is 4.79 Å². The second-order valence-corrected chi connectivity index (χ2v) is 4.89. The van der Waals surface area contributed by atoms with E-state index in [4.69, 9.17) is 0 Å². The zero-order valence-corrected chi connectivity index (χ0v) is 12.4. The van der Waals surface area contributed by atoms with Crippen molar-refractivity contribution in [3.8, 4) is 0 Å². The van der Waals surface area contributed by atoms with Crippen molar-refractivity contribution in [3.63, 3.8) is 0 Å². The molecule has 0 saturated heterocycles. The van der Waals surface area contributed by atoms with Crippen LogP contribution >= 0.6 is 0 Å². The molecule has 0 unspecified atom stereocenters. The molecule has 3 aromatic rings. The van der Waals surface area contributed by atoms with E-state index in [1.54, 1.807) is 30.6 Å². The Hall–Kier alpha value is -3.21. The molecule has 2 aromatic heterocycles. The summed E-state index contributed by atoms with van der Waals surface area (Å²) in [6.07, 6.45) is 3.35. The first-order chi connectivity index (χ1) is 11.3. The second-order valence-electron chi connectivity index (χ2n) is 4.89. The molecule has 23 heavy (non-hydrogen) atoms. The van der Waals surface area contributed by atoms with Crippen LogP contribution in [-0.2, 0) is 6.54 Å². The van der Waals surface area contributed by atoms with Gasteiger partial charge >= 0.3 is 0 Å². The third-order valence-electron chi connectivity index (χ3n) is 3.26. The van der Waals surface area contributed by atoms with Crippen LogP contribution < -0.4 is 10.6 Å². The highest BCUT2D eigenvalue weighted by Gasteiger charge is 2.09. The van der Waals surface area contributed by atoms with Crippen LogP contribution in [-0.4, -0.2) is 15.9 Å². The molecule has 0 fully saturated rings. The fourth-order valence-electron chi connectivity index (χ4n) is 2.12. The lowest BCUT2D eigenvalue weighted by Crippen LogP contribution is -2.15. The van der Waals surface area contributed by atoms with Gasteiger partial charge in [0.15, 0.2) is 0 Å². The first-order valence-corrected chi connectivity index (χ1v) is 7.28. The van der Waals surface area contributed by atoms with Gasteiger partial charge in [-0.1, -0.05) is 24.3 Å². The normalized spacial score (nSPS) is 10.1. The van der Waals surface area contributed by atoms with Crippen molar-refractivity contribution in [2.45, 2.75) is 6.54 Å². The first kappa shape index (κ1) is 14.7. The summed E-state index contributed by atoms with van der Waals surface area (Å²) in [7, 11) is 0. The number of carbonyl (C=O) groups excluding carboxylic acids is 1. The summed E-state index contributed by atoms with van der Waals surface area (Å²) in [4.78, 5) is 20.6. The molecular formula is C18H16N4O. The van der Waals surface area contributed by atoms with Crippen LogP contribution in [0.2, 0.25) is 0 Å². The molecule has 0 radical (unpaired) electrons. The van der Waals surface area contributed by atoms with Gasteiger partial charge in [-0.15, -0.1) is 0 Å². The van der Waals surface area contributed by atoms with Gasteiger partial charge in [-0.2, -0.15) is 0 Å². The molecule has 1 aromatic carbocycles. The van der Waals surface area contributed by atoms with Gasteiger partial charge in [-0.25, -0.2) is 0 Å². The highest BCUT2D eigenvalue weighted by atomic mass is 16.1. The van der Waals surface area contributed by atoms with E-state index in [-0.39, 0.29) is 5.91 Å². The van der Waals surface area contributed by atoms with Crippen molar-refractivity contribution in [1.82, 2.24) is 9.97 Å². The number of para-hydroxylation sites is 2. The number of amides is 1. The van der Waals surface area contributed by atoms with E-state index in [9.17, 15) is 4.79 Å². The molecule has 3 rings (SSSR count). The maximum absolute atomic E-state index is 12.2. The van der Waals surface area contributed by atoms with Gasteiger partial charge in [0, 0.05) is 12.4 Å². The summed E-state index contributed by atoms with van der Waals surface area (Å²) in [5, 5.41) is 6.17. The third kappa shape index (κ3) is 3.91. The van der Waals surface area contributed by atoms with Gasteiger partial charge in [-0.05, 0) is 36.4 Å². The SMILES string of the molecule is O=C(Nc1ccccc1NCc1ccccn1)c1ccccn1. The van der Waals surface area contributed by atoms with Gasteiger partial charge in [0.05, 0.1) is 23.6 Å². The highest BCUT2D eigenvalue weighted by molar-refractivity contribution is 6.04. The number of aromatic nitrogens is 2.